The monoisotopic (exact) mass is 417 g/mol. The van der Waals surface area contributed by atoms with E-state index in [0.717, 1.165) is 37.9 Å². The van der Waals surface area contributed by atoms with Crippen LogP contribution in [0.5, 0.6) is 5.75 Å². The molecule has 30 heavy (non-hydrogen) atoms. The van der Waals surface area contributed by atoms with Crippen molar-refractivity contribution in [2.45, 2.75) is 44.3 Å². The molecule has 1 saturated heterocycles. The number of carbonyl (C=O) groups excluding carboxylic acids is 2. The van der Waals surface area contributed by atoms with Gasteiger partial charge < -0.3 is 25.6 Å². The Hall–Kier alpha value is -2.16. The Morgan fingerprint density at radius 3 is 2.63 bits per heavy atom. The maximum absolute atomic E-state index is 12.7. The topological polar surface area (TPSA) is 111 Å². The first-order valence-corrected chi connectivity index (χ1v) is 10.9. The molecule has 1 aliphatic heterocycles. The summed E-state index contributed by atoms with van der Waals surface area (Å²) in [6.07, 6.45) is 4.53. The van der Waals surface area contributed by atoms with Crippen LogP contribution in [0.2, 0.25) is 0 Å². The number of aromatic hydroxyl groups is 1. The van der Waals surface area contributed by atoms with Crippen LogP contribution in [0.1, 0.15) is 41.6 Å². The lowest BCUT2D eigenvalue weighted by molar-refractivity contribution is -0.124. The predicted octanol–water partition coefficient (Wildman–Crippen LogP) is 0.620. The van der Waals surface area contributed by atoms with Crippen molar-refractivity contribution in [2.24, 2.45) is 11.8 Å². The molecule has 1 heterocycles. The SMILES string of the molecule is O=C(NC(CO)C(=O)NC1CC2CCC1C2)c1cc(O)cc(CN2CCOCC2)c1. The molecule has 2 bridgehead atoms. The van der Waals surface area contributed by atoms with E-state index in [0.29, 0.717) is 31.6 Å². The molecule has 8 heteroatoms. The smallest absolute Gasteiger partial charge is 0.252 e. The third-order valence-corrected chi connectivity index (χ3v) is 6.62. The van der Waals surface area contributed by atoms with Gasteiger partial charge in [0.1, 0.15) is 11.8 Å². The minimum Gasteiger partial charge on any atom is -0.508 e. The van der Waals surface area contributed by atoms with Gasteiger partial charge in [-0.15, -0.1) is 0 Å². The molecule has 0 radical (unpaired) electrons. The summed E-state index contributed by atoms with van der Waals surface area (Å²) < 4.78 is 5.35. The molecule has 3 fully saturated rings. The van der Waals surface area contributed by atoms with E-state index in [1.54, 1.807) is 12.1 Å². The second kappa shape index (κ2) is 9.32. The Morgan fingerprint density at radius 2 is 1.97 bits per heavy atom. The fourth-order valence-electron chi connectivity index (χ4n) is 5.05. The molecular formula is C22H31N3O5. The van der Waals surface area contributed by atoms with Gasteiger partial charge in [0.25, 0.3) is 5.91 Å². The molecule has 0 aromatic heterocycles. The number of phenols is 1. The number of morpholine rings is 1. The molecule has 1 aromatic rings. The van der Waals surface area contributed by atoms with Crippen LogP contribution in [-0.2, 0) is 16.1 Å². The zero-order valence-electron chi connectivity index (χ0n) is 17.2. The highest BCUT2D eigenvalue weighted by atomic mass is 16.5. The quantitative estimate of drug-likeness (QED) is 0.518. The third kappa shape index (κ3) is 4.94. The van der Waals surface area contributed by atoms with E-state index >= 15 is 0 Å². The van der Waals surface area contributed by atoms with Crippen LogP contribution in [0.25, 0.3) is 0 Å². The molecule has 2 aliphatic carbocycles. The summed E-state index contributed by atoms with van der Waals surface area (Å²) in [7, 11) is 0. The molecule has 0 spiro atoms. The van der Waals surface area contributed by atoms with Crippen molar-refractivity contribution < 1.29 is 24.5 Å². The Labute approximate surface area is 176 Å². The summed E-state index contributed by atoms with van der Waals surface area (Å²) in [4.78, 5) is 27.5. The van der Waals surface area contributed by atoms with Crippen molar-refractivity contribution >= 4 is 11.8 Å². The molecule has 164 valence electrons. The summed E-state index contributed by atoms with van der Waals surface area (Å²) in [5.41, 5.74) is 1.08. The molecule has 4 N–H and O–H groups in total. The number of fused-ring (bicyclic) bond motifs is 2. The van der Waals surface area contributed by atoms with E-state index in [4.69, 9.17) is 4.74 Å². The highest BCUT2D eigenvalue weighted by molar-refractivity contribution is 5.98. The predicted molar refractivity (Wildman–Crippen MR) is 110 cm³/mol. The number of amides is 2. The van der Waals surface area contributed by atoms with Crippen molar-refractivity contribution in [3.63, 3.8) is 0 Å². The summed E-state index contributed by atoms with van der Waals surface area (Å²) in [6.45, 7) is 3.06. The maximum Gasteiger partial charge on any atom is 0.252 e. The van der Waals surface area contributed by atoms with Crippen LogP contribution in [-0.4, -0.2) is 71.9 Å². The molecular weight excluding hydrogens is 386 g/mol. The summed E-state index contributed by atoms with van der Waals surface area (Å²) in [5.74, 6) is 0.369. The number of phenolic OH excluding ortho intramolecular Hbond substituents is 1. The lowest BCUT2D eigenvalue weighted by Crippen LogP contribution is -2.52. The number of ether oxygens (including phenoxy) is 1. The molecule has 8 nitrogen and oxygen atoms in total. The second-order valence-electron chi connectivity index (χ2n) is 8.78. The maximum atomic E-state index is 12.7. The zero-order valence-corrected chi connectivity index (χ0v) is 17.2. The van der Waals surface area contributed by atoms with Gasteiger partial charge in [0.05, 0.1) is 19.8 Å². The van der Waals surface area contributed by atoms with Gasteiger partial charge in [0.2, 0.25) is 5.91 Å². The van der Waals surface area contributed by atoms with E-state index in [1.165, 1.54) is 12.5 Å². The Balaban J connectivity index is 1.37. The van der Waals surface area contributed by atoms with E-state index < -0.39 is 18.6 Å². The summed E-state index contributed by atoms with van der Waals surface area (Å²) in [5, 5.41) is 25.4. The molecule has 4 unspecified atom stereocenters. The lowest BCUT2D eigenvalue weighted by atomic mass is 9.95. The minimum atomic E-state index is -1.01. The lowest BCUT2D eigenvalue weighted by Gasteiger charge is -2.27. The fraction of sp³-hybridized carbons (Fsp3) is 0.636. The van der Waals surface area contributed by atoms with E-state index in [2.05, 4.69) is 15.5 Å². The molecule has 1 aromatic carbocycles. The molecule has 3 aliphatic rings. The zero-order chi connectivity index (χ0) is 21.1. The normalized spacial score (nSPS) is 27.0. The fourth-order valence-corrected chi connectivity index (χ4v) is 5.05. The van der Waals surface area contributed by atoms with Gasteiger partial charge in [-0.25, -0.2) is 0 Å². The number of benzene rings is 1. The van der Waals surface area contributed by atoms with E-state index in [9.17, 15) is 19.8 Å². The number of aliphatic hydroxyl groups excluding tert-OH is 1. The van der Waals surface area contributed by atoms with Gasteiger partial charge in [-0.05, 0) is 54.9 Å². The van der Waals surface area contributed by atoms with Gasteiger partial charge in [-0.2, -0.15) is 0 Å². The van der Waals surface area contributed by atoms with Gasteiger partial charge in [-0.3, -0.25) is 14.5 Å². The number of nitrogens with one attached hydrogen (secondary N) is 2. The number of carbonyl (C=O) groups is 2. The molecule has 4 rings (SSSR count). The van der Waals surface area contributed by atoms with Crippen molar-refractivity contribution in [3.8, 4) is 5.75 Å². The van der Waals surface area contributed by atoms with Gasteiger partial charge in [0.15, 0.2) is 0 Å². The molecule has 2 amide bonds. The Morgan fingerprint density at radius 1 is 1.17 bits per heavy atom. The van der Waals surface area contributed by atoms with Crippen LogP contribution >= 0.6 is 0 Å². The van der Waals surface area contributed by atoms with Crippen LogP contribution in [0, 0.1) is 11.8 Å². The van der Waals surface area contributed by atoms with E-state index in [-0.39, 0.29) is 23.3 Å². The van der Waals surface area contributed by atoms with Crippen molar-refractivity contribution in [1.29, 1.82) is 0 Å². The molecule has 2 saturated carbocycles. The second-order valence-corrected chi connectivity index (χ2v) is 8.78. The third-order valence-electron chi connectivity index (χ3n) is 6.62. The van der Waals surface area contributed by atoms with Gasteiger partial charge in [-0.1, -0.05) is 6.42 Å². The largest absolute Gasteiger partial charge is 0.508 e. The Bertz CT molecular complexity index is 780. The van der Waals surface area contributed by atoms with Crippen molar-refractivity contribution in [1.82, 2.24) is 15.5 Å². The number of rotatable bonds is 7. The number of aliphatic hydroxyl groups is 1. The highest BCUT2D eigenvalue weighted by Crippen LogP contribution is 2.44. The average molecular weight is 418 g/mol. The first-order chi connectivity index (χ1) is 14.5. The number of hydrogen-bond acceptors (Lipinski definition) is 6. The first kappa shape index (κ1) is 21.1. The number of hydrogen-bond donors (Lipinski definition) is 4. The Kier molecular flexibility index (Phi) is 6.55. The summed E-state index contributed by atoms with van der Waals surface area (Å²) in [6, 6.07) is 3.86. The standard InChI is InChI=1S/C22H31N3O5/c26-13-20(22(29)23-19-10-14-1-2-16(19)7-14)24-21(28)17-8-15(9-18(27)11-17)12-25-3-5-30-6-4-25/h8-9,11,14,16,19-20,26-27H,1-7,10,12-13H2,(H,23,29)(H,24,28). The van der Waals surface area contributed by atoms with Crippen molar-refractivity contribution in [2.75, 3.05) is 32.9 Å². The van der Waals surface area contributed by atoms with Crippen LogP contribution in [0.3, 0.4) is 0 Å². The highest BCUT2D eigenvalue weighted by Gasteiger charge is 2.40. The molecule has 4 atom stereocenters. The van der Waals surface area contributed by atoms with Crippen LogP contribution < -0.4 is 10.6 Å². The average Bonchev–Trinajstić information content (AvgIpc) is 3.35. The van der Waals surface area contributed by atoms with Crippen molar-refractivity contribution in [3.05, 3.63) is 29.3 Å². The van der Waals surface area contributed by atoms with Crippen LogP contribution in [0.4, 0.5) is 0 Å². The van der Waals surface area contributed by atoms with Gasteiger partial charge >= 0.3 is 0 Å². The van der Waals surface area contributed by atoms with E-state index in [1.807, 2.05) is 0 Å². The first-order valence-electron chi connectivity index (χ1n) is 10.9. The summed E-state index contributed by atoms with van der Waals surface area (Å²) >= 11 is 0. The van der Waals surface area contributed by atoms with Crippen LogP contribution in [0.15, 0.2) is 18.2 Å². The minimum absolute atomic E-state index is 0.00195. The number of nitrogens with zero attached hydrogens (tertiary/aromatic N) is 1. The van der Waals surface area contributed by atoms with Gasteiger partial charge in [0, 0.05) is 31.2 Å².